The number of methoxy groups -OCH3 is 1. The van der Waals surface area contributed by atoms with Gasteiger partial charge in [0, 0.05) is 23.8 Å². The summed E-state index contributed by atoms with van der Waals surface area (Å²) < 4.78 is 6.24. The zero-order chi connectivity index (χ0) is 15.3. The highest BCUT2D eigenvalue weighted by atomic mass is 79.9. The van der Waals surface area contributed by atoms with Crippen molar-refractivity contribution in [2.45, 2.75) is 45.8 Å². The number of pyridine rings is 1. The van der Waals surface area contributed by atoms with E-state index >= 15 is 0 Å². The summed E-state index contributed by atoms with van der Waals surface area (Å²) in [5.74, 6) is 0.559. The molecule has 0 fully saturated rings. The second-order valence-corrected chi connectivity index (χ2v) is 6.40. The molecule has 20 heavy (non-hydrogen) atoms. The molecule has 6 heteroatoms. The van der Waals surface area contributed by atoms with Crippen LogP contribution < -0.4 is 10.6 Å². The van der Waals surface area contributed by atoms with E-state index in [1.807, 2.05) is 33.8 Å². The van der Waals surface area contributed by atoms with E-state index in [9.17, 15) is 4.79 Å². The predicted molar refractivity (Wildman–Crippen MR) is 84.0 cm³/mol. The summed E-state index contributed by atoms with van der Waals surface area (Å²) in [6.45, 7) is 7.82. The zero-order valence-electron chi connectivity index (χ0n) is 12.6. The van der Waals surface area contributed by atoms with Crippen LogP contribution >= 0.6 is 15.9 Å². The molecule has 0 saturated carbocycles. The first kappa shape index (κ1) is 16.9. The average Bonchev–Trinajstić information content (AvgIpc) is 2.32. The standard InChI is InChI=1S/C14H22BrN3O2/c1-9-6-11(15)8-16-12(9)18-13(19)17-10(2)7-14(3,4)20-5/h6,8,10H,7H2,1-5H3,(H2,16,17,18,19). The van der Waals surface area contributed by atoms with Crippen LogP contribution in [-0.4, -0.2) is 29.8 Å². The molecule has 5 nitrogen and oxygen atoms in total. The monoisotopic (exact) mass is 343 g/mol. The maximum absolute atomic E-state index is 11.9. The van der Waals surface area contributed by atoms with Gasteiger partial charge in [0.15, 0.2) is 0 Å². The summed E-state index contributed by atoms with van der Waals surface area (Å²) in [5, 5.41) is 5.63. The lowest BCUT2D eigenvalue weighted by Gasteiger charge is -2.27. The van der Waals surface area contributed by atoms with Gasteiger partial charge in [0.25, 0.3) is 0 Å². The summed E-state index contributed by atoms with van der Waals surface area (Å²) in [7, 11) is 1.67. The minimum absolute atomic E-state index is 0.000652. The topological polar surface area (TPSA) is 63.2 Å². The molecule has 112 valence electrons. The van der Waals surface area contributed by atoms with Crippen molar-refractivity contribution >= 4 is 27.8 Å². The van der Waals surface area contributed by atoms with Crippen LogP contribution in [0.4, 0.5) is 10.6 Å². The Bertz CT molecular complexity index is 477. The quantitative estimate of drug-likeness (QED) is 0.860. The molecule has 2 N–H and O–H groups in total. The summed E-state index contributed by atoms with van der Waals surface area (Å²) in [6, 6.07) is 1.64. The molecule has 1 heterocycles. The van der Waals surface area contributed by atoms with Crippen LogP contribution in [0.25, 0.3) is 0 Å². The van der Waals surface area contributed by atoms with E-state index in [0.717, 1.165) is 16.5 Å². The van der Waals surface area contributed by atoms with Gasteiger partial charge >= 0.3 is 6.03 Å². The number of halogens is 1. The molecule has 0 aliphatic heterocycles. The van der Waals surface area contributed by atoms with Gasteiger partial charge in [-0.25, -0.2) is 9.78 Å². The molecule has 2 amide bonds. The number of urea groups is 1. The molecule has 0 saturated heterocycles. The number of rotatable bonds is 5. The third-order valence-corrected chi connectivity index (χ3v) is 3.44. The van der Waals surface area contributed by atoms with Crippen LogP contribution in [0.5, 0.6) is 0 Å². The number of hydrogen-bond donors (Lipinski definition) is 2. The highest BCUT2D eigenvalue weighted by molar-refractivity contribution is 9.10. The van der Waals surface area contributed by atoms with Crippen molar-refractivity contribution in [3.8, 4) is 0 Å². The molecule has 0 spiro atoms. The number of carbonyl (C=O) groups excluding carboxylic acids is 1. The molecule has 0 bridgehead atoms. The fourth-order valence-corrected chi connectivity index (χ4v) is 2.36. The average molecular weight is 344 g/mol. The van der Waals surface area contributed by atoms with Crippen molar-refractivity contribution in [2.75, 3.05) is 12.4 Å². The molecule has 0 aliphatic carbocycles. The maximum atomic E-state index is 11.9. The van der Waals surface area contributed by atoms with Crippen molar-refractivity contribution in [3.63, 3.8) is 0 Å². The van der Waals surface area contributed by atoms with E-state index in [1.54, 1.807) is 13.3 Å². The fourth-order valence-electron chi connectivity index (χ4n) is 1.91. The van der Waals surface area contributed by atoms with Crippen molar-refractivity contribution in [3.05, 3.63) is 22.3 Å². The van der Waals surface area contributed by atoms with E-state index in [4.69, 9.17) is 4.74 Å². The van der Waals surface area contributed by atoms with Gasteiger partial charge in [0.1, 0.15) is 5.82 Å². The lowest BCUT2D eigenvalue weighted by Crippen LogP contribution is -2.41. The smallest absolute Gasteiger partial charge is 0.320 e. The van der Waals surface area contributed by atoms with E-state index in [1.165, 1.54) is 0 Å². The Balaban J connectivity index is 2.55. The van der Waals surface area contributed by atoms with E-state index < -0.39 is 0 Å². The van der Waals surface area contributed by atoms with Gasteiger partial charge in [-0.1, -0.05) is 0 Å². The predicted octanol–water partition coefficient (Wildman–Crippen LogP) is 3.48. The number of nitrogens with zero attached hydrogens (tertiary/aromatic N) is 1. The van der Waals surface area contributed by atoms with Crippen LogP contribution in [0.2, 0.25) is 0 Å². The first-order valence-electron chi connectivity index (χ1n) is 6.48. The van der Waals surface area contributed by atoms with Crippen LogP contribution in [0.15, 0.2) is 16.7 Å². The number of anilines is 1. The van der Waals surface area contributed by atoms with E-state index in [0.29, 0.717) is 5.82 Å². The number of aromatic nitrogens is 1. The van der Waals surface area contributed by atoms with Crippen LogP contribution in [0, 0.1) is 6.92 Å². The Morgan fingerprint density at radius 2 is 2.20 bits per heavy atom. The lowest BCUT2D eigenvalue weighted by molar-refractivity contribution is 0.00963. The second-order valence-electron chi connectivity index (χ2n) is 5.49. The molecule has 1 aromatic heterocycles. The Morgan fingerprint density at radius 3 is 2.75 bits per heavy atom. The van der Waals surface area contributed by atoms with Gasteiger partial charge in [-0.05, 0) is 61.7 Å². The molecule has 1 rings (SSSR count). The van der Waals surface area contributed by atoms with Crippen molar-refractivity contribution in [1.82, 2.24) is 10.3 Å². The Morgan fingerprint density at radius 1 is 1.55 bits per heavy atom. The SMILES string of the molecule is COC(C)(C)CC(C)NC(=O)Nc1ncc(Br)cc1C. The molecular formula is C14H22BrN3O2. The largest absolute Gasteiger partial charge is 0.379 e. The third-order valence-electron chi connectivity index (χ3n) is 3.00. The van der Waals surface area contributed by atoms with Gasteiger partial charge in [-0.3, -0.25) is 5.32 Å². The fraction of sp³-hybridized carbons (Fsp3) is 0.571. The summed E-state index contributed by atoms with van der Waals surface area (Å²) in [6.07, 6.45) is 2.38. The molecule has 1 atom stereocenters. The number of amides is 2. The zero-order valence-corrected chi connectivity index (χ0v) is 14.2. The first-order chi connectivity index (χ1) is 9.23. The normalized spacial score (nSPS) is 12.9. The number of aryl methyl sites for hydroxylation is 1. The van der Waals surface area contributed by atoms with Gasteiger partial charge in [0.2, 0.25) is 0 Å². The van der Waals surface area contributed by atoms with E-state index in [2.05, 4.69) is 31.5 Å². The van der Waals surface area contributed by atoms with Crippen molar-refractivity contribution in [2.24, 2.45) is 0 Å². The Hall–Kier alpha value is -1.14. The first-order valence-corrected chi connectivity index (χ1v) is 7.27. The molecule has 1 aromatic rings. The molecule has 1 unspecified atom stereocenters. The molecule has 0 aromatic carbocycles. The number of carbonyl (C=O) groups is 1. The van der Waals surface area contributed by atoms with Crippen LogP contribution in [0.1, 0.15) is 32.8 Å². The lowest BCUT2D eigenvalue weighted by atomic mass is 10.00. The molecule has 0 aliphatic rings. The Kier molecular flexibility index (Phi) is 5.95. The van der Waals surface area contributed by atoms with Gasteiger partial charge < -0.3 is 10.1 Å². The number of hydrogen-bond acceptors (Lipinski definition) is 3. The highest BCUT2D eigenvalue weighted by Gasteiger charge is 2.21. The van der Waals surface area contributed by atoms with E-state index in [-0.39, 0.29) is 17.7 Å². The summed E-state index contributed by atoms with van der Waals surface area (Å²) >= 11 is 3.34. The minimum Gasteiger partial charge on any atom is -0.379 e. The number of nitrogens with one attached hydrogen (secondary N) is 2. The summed E-state index contributed by atoms with van der Waals surface area (Å²) in [5.41, 5.74) is 0.637. The second kappa shape index (κ2) is 7.04. The third kappa shape index (κ3) is 5.46. The van der Waals surface area contributed by atoms with Crippen molar-refractivity contribution < 1.29 is 9.53 Å². The highest BCUT2D eigenvalue weighted by Crippen LogP contribution is 2.17. The van der Waals surface area contributed by atoms with Crippen LogP contribution in [-0.2, 0) is 4.74 Å². The van der Waals surface area contributed by atoms with Gasteiger partial charge in [-0.2, -0.15) is 0 Å². The van der Waals surface area contributed by atoms with Gasteiger partial charge in [0.05, 0.1) is 5.60 Å². The maximum Gasteiger partial charge on any atom is 0.320 e. The minimum atomic E-state index is -0.265. The van der Waals surface area contributed by atoms with Crippen LogP contribution in [0.3, 0.4) is 0 Å². The number of ether oxygens (including phenoxy) is 1. The van der Waals surface area contributed by atoms with Crippen molar-refractivity contribution in [1.29, 1.82) is 0 Å². The molecule has 0 radical (unpaired) electrons. The molecular weight excluding hydrogens is 322 g/mol. The van der Waals surface area contributed by atoms with Gasteiger partial charge in [-0.15, -0.1) is 0 Å². The summed E-state index contributed by atoms with van der Waals surface area (Å²) in [4.78, 5) is 16.1. The Labute approximate surface area is 128 Å².